The lowest BCUT2D eigenvalue weighted by molar-refractivity contribution is 0.711. The molecular weight excluding hydrogens is 222 g/mol. The Kier molecular flexibility index (Phi) is 3.06. The molecule has 1 aromatic rings. The smallest absolute Gasteiger partial charge is 0.224 e. The second kappa shape index (κ2) is 4.49. The minimum atomic E-state index is -0.285. The van der Waals surface area contributed by atoms with Crippen LogP contribution in [0.15, 0.2) is 49.2 Å². The molecule has 0 spiro atoms. The SMILES string of the molecule is C=C[C@]1(Nc2ccnc(Cl)n2)C=CC=CC1. The molecule has 3 nitrogen and oxygen atoms in total. The number of aromatic nitrogens is 2. The highest BCUT2D eigenvalue weighted by Gasteiger charge is 2.23. The minimum Gasteiger partial charge on any atom is -0.357 e. The highest BCUT2D eigenvalue weighted by atomic mass is 35.5. The molecule has 1 aromatic heterocycles. The fourth-order valence-electron chi connectivity index (χ4n) is 1.57. The maximum atomic E-state index is 5.73. The first kappa shape index (κ1) is 10.9. The summed E-state index contributed by atoms with van der Waals surface area (Å²) in [5.74, 6) is 0.694. The third-order valence-corrected chi connectivity index (χ3v) is 2.63. The molecule has 0 aliphatic heterocycles. The standard InChI is InChI=1S/C12H12ClN3/c1-2-12(7-4-3-5-8-12)16-10-6-9-14-11(13)15-10/h2-7,9H,1,8H2,(H,14,15,16)/t12-/m0/s1. The van der Waals surface area contributed by atoms with Crippen LogP contribution in [0.5, 0.6) is 0 Å². The van der Waals surface area contributed by atoms with Crippen LogP contribution in [-0.2, 0) is 0 Å². The maximum Gasteiger partial charge on any atom is 0.224 e. The number of halogens is 1. The van der Waals surface area contributed by atoms with Gasteiger partial charge in [0.1, 0.15) is 5.82 Å². The molecular formula is C12H12ClN3. The van der Waals surface area contributed by atoms with E-state index < -0.39 is 0 Å². The summed E-state index contributed by atoms with van der Waals surface area (Å²) in [5, 5.41) is 3.53. The number of hydrogen-bond acceptors (Lipinski definition) is 3. The lowest BCUT2D eigenvalue weighted by Gasteiger charge is -2.29. The molecule has 1 N–H and O–H groups in total. The molecule has 1 aliphatic rings. The van der Waals surface area contributed by atoms with Gasteiger partial charge in [-0.25, -0.2) is 9.97 Å². The average Bonchev–Trinajstić information content (AvgIpc) is 2.30. The zero-order chi connectivity index (χ0) is 11.4. The van der Waals surface area contributed by atoms with Crippen LogP contribution < -0.4 is 5.32 Å². The Morgan fingerprint density at radius 3 is 3.00 bits per heavy atom. The molecule has 1 aliphatic carbocycles. The van der Waals surface area contributed by atoms with E-state index in [1.54, 1.807) is 12.3 Å². The van der Waals surface area contributed by atoms with Gasteiger partial charge in [-0.2, -0.15) is 0 Å². The first-order chi connectivity index (χ1) is 7.74. The Balaban J connectivity index is 2.22. The molecule has 1 heterocycles. The number of rotatable bonds is 3. The monoisotopic (exact) mass is 233 g/mol. The third kappa shape index (κ3) is 2.31. The summed E-state index contributed by atoms with van der Waals surface area (Å²) in [6.07, 6.45) is 12.5. The van der Waals surface area contributed by atoms with Gasteiger partial charge in [0.05, 0.1) is 5.54 Å². The predicted octanol–water partition coefficient (Wildman–Crippen LogP) is 2.98. The number of allylic oxidation sites excluding steroid dienone is 2. The molecule has 1 atom stereocenters. The van der Waals surface area contributed by atoms with Crippen molar-refractivity contribution in [1.29, 1.82) is 0 Å². The van der Waals surface area contributed by atoms with E-state index in [9.17, 15) is 0 Å². The van der Waals surface area contributed by atoms with Crippen LogP contribution in [0.25, 0.3) is 0 Å². The van der Waals surface area contributed by atoms with Gasteiger partial charge in [0.15, 0.2) is 0 Å². The summed E-state index contributed by atoms with van der Waals surface area (Å²) in [4.78, 5) is 7.94. The summed E-state index contributed by atoms with van der Waals surface area (Å²) in [6.45, 7) is 3.85. The Hall–Kier alpha value is -1.61. The van der Waals surface area contributed by atoms with Crippen LogP contribution in [-0.4, -0.2) is 15.5 Å². The van der Waals surface area contributed by atoms with Gasteiger partial charge in [-0.1, -0.05) is 30.4 Å². The van der Waals surface area contributed by atoms with E-state index in [0.717, 1.165) is 6.42 Å². The molecule has 0 aromatic carbocycles. The Morgan fingerprint density at radius 2 is 2.38 bits per heavy atom. The molecule has 2 rings (SSSR count). The average molecular weight is 234 g/mol. The van der Waals surface area contributed by atoms with Crippen molar-refractivity contribution < 1.29 is 0 Å². The van der Waals surface area contributed by atoms with E-state index in [2.05, 4.69) is 34.0 Å². The minimum absolute atomic E-state index is 0.236. The van der Waals surface area contributed by atoms with Crippen molar-refractivity contribution in [2.45, 2.75) is 12.0 Å². The fraction of sp³-hybridized carbons (Fsp3) is 0.167. The molecule has 0 amide bonds. The van der Waals surface area contributed by atoms with Crippen molar-refractivity contribution in [2.24, 2.45) is 0 Å². The molecule has 16 heavy (non-hydrogen) atoms. The molecule has 0 saturated carbocycles. The first-order valence-electron chi connectivity index (χ1n) is 4.99. The van der Waals surface area contributed by atoms with E-state index >= 15 is 0 Å². The number of hydrogen-bond donors (Lipinski definition) is 1. The molecule has 0 saturated heterocycles. The lowest BCUT2D eigenvalue weighted by atomic mass is 9.91. The van der Waals surface area contributed by atoms with Gasteiger partial charge >= 0.3 is 0 Å². The second-order valence-electron chi connectivity index (χ2n) is 3.57. The maximum absolute atomic E-state index is 5.73. The van der Waals surface area contributed by atoms with Crippen LogP contribution in [0.1, 0.15) is 6.42 Å². The van der Waals surface area contributed by atoms with E-state index in [0.29, 0.717) is 5.82 Å². The zero-order valence-corrected chi connectivity index (χ0v) is 9.48. The number of anilines is 1. The summed E-state index contributed by atoms with van der Waals surface area (Å²) in [5.41, 5.74) is -0.285. The molecule has 0 radical (unpaired) electrons. The molecule has 0 bridgehead atoms. The quantitative estimate of drug-likeness (QED) is 0.644. The van der Waals surface area contributed by atoms with Crippen molar-refractivity contribution in [2.75, 3.05) is 5.32 Å². The van der Waals surface area contributed by atoms with E-state index in [1.165, 1.54) is 0 Å². The molecule has 0 fully saturated rings. The van der Waals surface area contributed by atoms with Gasteiger partial charge in [0.2, 0.25) is 5.28 Å². The Morgan fingerprint density at radius 1 is 1.50 bits per heavy atom. The highest BCUT2D eigenvalue weighted by Crippen LogP contribution is 2.24. The van der Waals surface area contributed by atoms with Crippen LogP contribution in [0, 0.1) is 0 Å². The molecule has 82 valence electrons. The summed E-state index contributed by atoms with van der Waals surface area (Å²) >= 11 is 5.73. The van der Waals surface area contributed by atoms with E-state index in [1.807, 2.05) is 18.2 Å². The summed E-state index contributed by atoms with van der Waals surface area (Å²) in [7, 11) is 0. The zero-order valence-electron chi connectivity index (χ0n) is 8.73. The van der Waals surface area contributed by atoms with Crippen molar-refractivity contribution >= 4 is 17.4 Å². The summed E-state index contributed by atoms with van der Waals surface area (Å²) in [6, 6.07) is 1.78. The largest absolute Gasteiger partial charge is 0.357 e. The number of nitrogens with zero attached hydrogens (tertiary/aromatic N) is 2. The van der Waals surface area contributed by atoms with Crippen molar-refractivity contribution in [3.05, 3.63) is 54.5 Å². The topological polar surface area (TPSA) is 37.8 Å². The van der Waals surface area contributed by atoms with Crippen molar-refractivity contribution in [3.8, 4) is 0 Å². The third-order valence-electron chi connectivity index (χ3n) is 2.45. The Bertz CT molecular complexity index is 453. The summed E-state index contributed by atoms with van der Waals surface area (Å²) < 4.78 is 0. The van der Waals surface area contributed by atoms with Crippen molar-refractivity contribution in [1.82, 2.24) is 9.97 Å². The predicted molar refractivity (Wildman–Crippen MR) is 66.5 cm³/mol. The molecule has 4 heteroatoms. The van der Waals surface area contributed by atoms with Crippen LogP contribution in [0.3, 0.4) is 0 Å². The van der Waals surface area contributed by atoms with Crippen molar-refractivity contribution in [3.63, 3.8) is 0 Å². The lowest BCUT2D eigenvalue weighted by Crippen LogP contribution is -2.34. The fourth-order valence-corrected chi connectivity index (χ4v) is 1.72. The van der Waals surface area contributed by atoms with Crippen LogP contribution in [0.2, 0.25) is 5.28 Å². The second-order valence-corrected chi connectivity index (χ2v) is 3.91. The van der Waals surface area contributed by atoms with Gasteiger partial charge < -0.3 is 5.32 Å². The van der Waals surface area contributed by atoms with Crippen LogP contribution in [0.4, 0.5) is 5.82 Å². The van der Waals surface area contributed by atoms with Gasteiger partial charge in [-0.3, -0.25) is 0 Å². The van der Waals surface area contributed by atoms with Gasteiger partial charge in [0.25, 0.3) is 0 Å². The van der Waals surface area contributed by atoms with Gasteiger partial charge in [-0.15, -0.1) is 6.58 Å². The van der Waals surface area contributed by atoms with Gasteiger partial charge in [-0.05, 0) is 24.1 Å². The van der Waals surface area contributed by atoms with Gasteiger partial charge in [0, 0.05) is 6.20 Å². The first-order valence-corrected chi connectivity index (χ1v) is 5.37. The highest BCUT2D eigenvalue weighted by molar-refractivity contribution is 6.28. The molecule has 0 unspecified atom stereocenters. The normalized spacial score (nSPS) is 23.1. The van der Waals surface area contributed by atoms with E-state index in [-0.39, 0.29) is 10.8 Å². The number of nitrogens with one attached hydrogen (secondary N) is 1. The Labute approximate surface area is 99.6 Å². The van der Waals surface area contributed by atoms with E-state index in [4.69, 9.17) is 11.6 Å². The van der Waals surface area contributed by atoms with Crippen LogP contribution >= 0.6 is 11.6 Å².